The van der Waals surface area contributed by atoms with Gasteiger partial charge in [0.15, 0.2) is 0 Å². The third-order valence-electron chi connectivity index (χ3n) is 8.20. The van der Waals surface area contributed by atoms with E-state index >= 15 is 0 Å². The summed E-state index contributed by atoms with van der Waals surface area (Å²) in [5.41, 5.74) is 1.77. The second-order valence-electron chi connectivity index (χ2n) is 12.1. The molecule has 0 unspecified atom stereocenters. The number of halogens is 3. The zero-order chi connectivity index (χ0) is 46.3. The molecule has 3 heterocycles. The van der Waals surface area contributed by atoms with Gasteiger partial charge in [-0.2, -0.15) is 21.4 Å². The van der Waals surface area contributed by atoms with Crippen LogP contribution >= 0.6 is 46.4 Å². The molecular formula is C40H47ClF2LiN5O9S5. The van der Waals surface area contributed by atoms with Crippen molar-refractivity contribution in [3.05, 3.63) is 125 Å². The summed E-state index contributed by atoms with van der Waals surface area (Å²) in [6.45, 7) is 1.96. The fourth-order valence-electron chi connectivity index (χ4n) is 5.12. The molecule has 63 heavy (non-hydrogen) atoms. The van der Waals surface area contributed by atoms with Crippen LogP contribution in [0.4, 0.5) is 13.9 Å². The van der Waals surface area contributed by atoms with Gasteiger partial charge in [-0.15, -0.1) is 0 Å². The number of methoxy groups -OCH3 is 4. The molecule has 0 N–H and O–H groups in total. The minimum atomic E-state index is -3.99. The van der Waals surface area contributed by atoms with Gasteiger partial charge in [0.25, 0.3) is 19.1 Å². The molecule has 0 atom stereocenters. The minimum absolute atomic E-state index is 0. The first-order valence-electron chi connectivity index (χ1n) is 18.8. The molecule has 0 bridgehead atoms. The molecule has 23 heteroatoms. The molecule has 0 amide bonds. The fraction of sp³-hybridized carbons (Fsp3) is 0.300. The Bertz CT molecular complexity index is 2450. The third-order valence-corrected chi connectivity index (χ3v) is 12.8. The molecule has 338 valence electrons. The van der Waals surface area contributed by atoms with E-state index < -0.39 is 30.7 Å². The van der Waals surface area contributed by atoms with E-state index in [-0.39, 0.29) is 48.0 Å². The van der Waals surface area contributed by atoms with E-state index in [1.165, 1.54) is 57.1 Å². The molecule has 1 saturated heterocycles. The van der Waals surface area contributed by atoms with Crippen LogP contribution in [0, 0.1) is 11.6 Å². The quantitative estimate of drug-likeness (QED) is 0.0858. The van der Waals surface area contributed by atoms with Gasteiger partial charge in [0.05, 0.1) is 44.8 Å². The van der Waals surface area contributed by atoms with Crippen LogP contribution in [0.2, 0.25) is 0 Å². The van der Waals surface area contributed by atoms with Crippen LogP contribution in [0.25, 0.3) is 0 Å². The molecule has 14 nitrogen and oxygen atoms in total. The predicted octanol–water partition coefficient (Wildman–Crippen LogP) is 5.64. The Labute approximate surface area is 400 Å². The van der Waals surface area contributed by atoms with E-state index in [2.05, 4.69) is 31.3 Å². The zero-order valence-electron chi connectivity index (χ0n) is 37.0. The van der Waals surface area contributed by atoms with Crippen molar-refractivity contribution in [1.82, 2.24) is 18.7 Å². The molecule has 1 fully saturated rings. The van der Waals surface area contributed by atoms with Crippen molar-refractivity contribution in [3.63, 3.8) is 0 Å². The summed E-state index contributed by atoms with van der Waals surface area (Å²) in [5, 5.41) is 1.24. The normalized spacial score (nSPS) is 11.8. The standard InChI is InChI=1S/C17H16FN3O4S2.C12H14N2O2S.C6H4ClFO2S.C4H8O.CH4S.Li.H/c1-24-14-6-3-12(16(9-14)25-2)10-21(17-19-11-20-26-17)27(22,23)15-7-4-13(18)5-8-15;1-15-10-5-3-9(11(7-10)16-2)4-6-12-13-8-14-17-12;7-11(9,10)6-3-1-5(8)2-4-6;1-2-4-5-3-1;1-2;;/h3-9,11H,10H2,1-2H3;3,5,7-8H,4,6H2,1-2H3;1-4H;1-4H2;2H,1H3;;/q;;;;;+1;-1/i;;;;1D;;. The summed E-state index contributed by atoms with van der Waals surface area (Å²) in [7, 11) is 3.59. The number of anilines is 1. The molecule has 0 saturated carbocycles. The van der Waals surface area contributed by atoms with Gasteiger partial charge in [0, 0.05) is 60.9 Å². The van der Waals surface area contributed by atoms with E-state index in [0.29, 0.717) is 17.1 Å². The number of nitrogens with zero attached hydrogens (tertiary/aromatic N) is 5. The summed E-state index contributed by atoms with van der Waals surface area (Å²) in [5.74, 6) is 1.70. The number of sulfonamides is 1. The van der Waals surface area contributed by atoms with Gasteiger partial charge >= 0.3 is 18.9 Å². The number of ether oxygens (including phenoxy) is 5. The number of hydrogen-bond acceptors (Lipinski definition) is 16. The van der Waals surface area contributed by atoms with Gasteiger partial charge in [-0.05, 0) is 109 Å². The van der Waals surface area contributed by atoms with Crippen LogP contribution in [0.3, 0.4) is 0 Å². The Balaban J connectivity index is 0.000000474. The maximum atomic E-state index is 13.2. The van der Waals surface area contributed by atoms with Crippen LogP contribution in [0.5, 0.6) is 23.0 Å². The smallest absolute Gasteiger partial charge is 1.00 e. The van der Waals surface area contributed by atoms with Crippen molar-refractivity contribution in [2.75, 3.05) is 52.2 Å². The SMILES string of the molecule is C1CCOC1.COc1ccc(CCc2ncns2)c(OC)c1.COc1ccc(CN(c2ncns2)S(=O)(=O)c2ccc(F)cc2)c(OC)c1.O=S(=O)(Cl)c1ccc(F)cc1.[2H]CS.[H-].[Li+]. The Kier molecular flexibility index (Phi) is 24.3. The molecule has 1 aliphatic heterocycles. The van der Waals surface area contributed by atoms with Crippen LogP contribution in [0.1, 0.15) is 31.8 Å². The molecule has 0 radical (unpaired) electrons. The molecule has 4 aromatic carbocycles. The van der Waals surface area contributed by atoms with Crippen molar-refractivity contribution in [2.45, 2.75) is 42.0 Å². The molecule has 0 spiro atoms. The van der Waals surface area contributed by atoms with Gasteiger partial charge in [0.1, 0.15) is 52.3 Å². The van der Waals surface area contributed by atoms with Crippen LogP contribution in [-0.2, 0) is 43.2 Å². The van der Waals surface area contributed by atoms with E-state index in [4.69, 9.17) is 35.7 Å². The fourth-order valence-corrected chi connectivity index (χ4v) is 8.52. The summed E-state index contributed by atoms with van der Waals surface area (Å²) in [4.78, 5) is 8.04. The summed E-state index contributed by atoms with van der Waals surface area (Å²) in [6, 6.07) is 19.9. The van der Waals surface area contributed by atoms with Crippen molar-refractivity contribution in [3.8, 4) is 23.0 Å². The van der Waals surface area contributed by atoms with E-state index in [1.54, 1.807) is 38.7 Å². The van der Waals surface area contributed by atoms with Crippen molar-refractivity contribution < 1.29 is 71.0 Å². The van der Waals surface area contributed by atoms with Crippen molar-refractivity contribution >= 4 is 70.6 Å². The number of benzene rings is 4. The summed E-state index contributed by atoms with van der Waals surface area (Å²) < 4.78 is 114. The van der Waals surface area contributed by atoms with Crippen molar-refractivity contribution in [2.24, 2.45) is 0 Å². The number of aryl methyl sites for hydroxylation is 2. The molecular weight excluding hydrogens is 935 g/mol. The Morgan fingerprint density at radius 1 is 0.746 bits per heavy atom. The average molecular weight is 984 g/mol. The average Bonchev–Trinajstić information content (AvgIpc) is 4.13. The minimum Gasteiger partial charge on any atom is -1.00 e. The summed E-state index contributed by atoms with van der Waals surface area (Å²) >= 11 is 5.83. The van der Waals surface area contributed by atoms with Crippen LogP contribution < -0.4 is 42.1 Å². The first-order valence-corrected chi connectivity index (χ1v) is 24.0. The summed E-state index contributed by atoms with van der Waals surface area (Å²) in [6.07, 6.45) is 7.39. The Hall–Kier alpha value is -4.04. The molecule has 2 aromatic heterocycles. The molecule has 1 aliphatic rings. The Morgan fingerprint density at radius 3 is 1.67 bits per heavy atom. The first kappa shape index (κ1) is 53.3. The zero-order valence-corrected chi connectivity index (χ0v) is 39.9. The largest absolute Gasteiger partial charge is 1.00 e. The predicted molar refractivity (Wildman–Crippen MR) is 242 cm³/mol. The first-order chi connectivity index (χ1) is 30.2. The van der Waals surface area contributed by atoms with Gasteiger partial charge in [-0.3, -0.25) is 0 Å². The van der Waals surface area contributed by atoms with Gasteiger partial charge < -0.3 is 25.1 Å². The second-order valence-corrected chi connectivity index (χ2v) is 18.1. The number of thiol groups is 1. The van der Waals surface area contributed by atoms with E-state index in [0.717, 1.165) is 100 Å². The molecule has 6 aromatic rings. The van der Waals surface area contributed by atoms with Gasteiger partial charge in [-0.25, -0.2) is 39.9 Å². The Morgan fingerprint density at radius 2 is 1.24 bits per heavy atom. The number of hydrogen-bond donors (Lipinski definition) is 1. The number of rotatable bonds is 13. The maximum Gasteiger partial charge on any atom is 1.00 e. The van der Waals surface area contributed by atoms with E-state index in [9.17, 15) is 25.6 Å². The monoisotopic (exact) mass is 982 g/mol. The number of aromatic nitrogens is 4. The second kappa shape index (κ2) is 28.7. The third kappa shape index (κ3) is 18.2. The molecule has 7 rings (SSSR count). The maximum absolute atomic E-state index is 13.2. The van der Waals surface area contributed by atoms with Crippen LogP contribution in [-0.4, -0.2) is 83.4 Å². The topological polar surface area (TPSA) is 169 Å². The van der Waals surface area contributed by atoms with Gasteiger partial charge in [0.2, 0.25) is 5.13 Å². The van der Waals surface area contributed by atoms with Gasteiger partial charge in [-0.1, -0.05) is 6.07 Å². The van der Waals surface area contributed by atoms with Crippen molar-refractivity contribution in [1.29, 1.82) is 0 Å². The molecule has 0 aliphatic carbocycles. The van der Waals surface area contributed by atoms with Crippen LogP contribution in [0.15, 0.2) is 107 Å². The van der Waals surface area contributed by atoms with E-state index in [1.807, 2.05) is 18.2 Å².